The number of hydrogen-bond donors (Lipinski definition) is 3. The Labute approximate surface area is 177 Å². The van der Waals surface area contributed by atoms with Gasteiger partial charge in [-0.15, -0.1) is 0 Å². The Morgan fingerprint density at radius 3 is 2.23 bits per heavy atom. The summed E-state index contributed by atoms with van der Waals surface area (Å²) in [4.78, 5) is 0.161. The van der Waals surface area contributed by atoms with E-state index in [0.29, 0.717) is 11.4 Å². The molecule has 0 bridgehead atoms. The van der Waals surface area contributed by atoms with E-state index in [1.165, 1.54) is 0 Å². The lowest BCUT2D eigenvalue weighted by atomic mass is 10.0. The molecule has 6 nitrogen and oxygen atoms in total. The maximum absolute atomic E-state index is 12.6. The molecule has 3 aromatic rings. The van der Waals surface area contributed by atoms with Crippen molar-refractivity contribution in [2.75, 3.05) is 19.0 Å². The van der Waals surface area contributed by atoms with Crippen molar-refractivity contribution in [1.29, 1.82) is 0 Å². The van der Waals surface area contributed by atoms with Crippen LogP contribution in [0.25, 0.3) is 0 Å². The SMILES string of the molecule is COc1ccccc1NC(c1ccccc1)C(O)CNS(=O)(=O)c1ccc(C)cc1. The Balaban J connectivity index is 1.80. The number of methoxy groups -OCH3 is 1. The minimum Gasteiger partial charge on any atom is -0.495 e. The van der Waals surface area contributed by atoms with Crippen LogP contribution >= 0.6 is 0 Å². The number of ether oxygens (including phenoxy) is 1. The third kappa shape index (κ3) is 5.38. The number of aliphatic hydroxyl groups is 1. The second-order valence-corrected chi connectivity index (χ2v) is 8.73. The summed E-state index contributed by atoms with van der Waals surface area (Å²) in [5, 5.41) is 14.2. The number of nitrogens with one attached hydrogen (secondary N) is 2. The fourth-order valence-corrected chi connectivity index (χ4v) is 4.16. The van der Waals surface area contributed by atoms with E-state index in [0.717, 1.165) is 11.1 Å². The Morgan fingerprint density at radius 2 is 1.57 bits per heavy atom. The molecule has 0 aromatic heterocycles. The van der Waals surface area contributed by atoms with Crippen molar-refractivity contribution in [1.82, 2.24) is 4.72 Å². The molecule has 7 heteroatoms. The van der Waals surface area contributed by atoms with Gasteiger partial charge in [0.2, 0.25) is 10.0 Å². The van der Waals surface area contributed by atoms with Crippen molar-refractivity contribution in [2.45, 2.75) is 24.0 Å². The van der Waals surface area contributed by atoms with Gasteiger partial charge in [0.05, 0.1) is 29.8 Å². The first-order chi connectivity index (χ1) is 14.4. The van der Waals surface area contributed by atoms with E-state index in [4.69, 9.17) is 4.74 Å². The van der Waals surface area contributed by atoms with Crippen molar-refractivity contribution in [3.8, 4) is 5.75 Å². The summed E-state index contributed by atoms with van der Waals surface area (Å²) >= 11 is 0. The molecular formula is C23H26N2O4S. The average molecular weight is 427 g/mol. The Morgan fingerprint density at radius 1 is 0.933 bits per heavy atom. The Hall–Kier alpha value is -2.87. The van der Waals surface area contributed by atoms with Crippen LogP contribution in [0, 0.1) is 6.92 Å². The molecule has 2 atom stereocenters. The summed E-state index contributed by atoms with van der Waals surface area (Å²) < 4.78 is 33.1. The molecular weight excluding hydrogens is 400 g/mol. The number of hydrogen-bond acceptors (Lipinski definition) is 5. The van der Waals surface area contributed by atoms with Gasteiger partial charge >= 0.3 is 0 Å². The van der Waals surface area contributed by atoms with E-state index < -0.39 is 22.2 Å². The third-order valence-corrected chi connectivity index (χ3v) is 6.21. The highest BCUT2D eigenvalue weighted by atomic mass is 32.2. The summed E-state index contributed by atoms with van der Waals surface area (Å²) in [5.74, 6) is 0.630. The normalized spacial score (nSPS) is 13.4. The van der Waals surface area contributed by atoms with Crippen LogP contribution in [0.15, 0.2) is 83.8 Å². The zero-order valence-electron chi connectivity index (χ0n) is 16.9. The lowest BCUT2D eigenvalue weighted by molar-refractivity contribution is 0.156. The van der Waals surface area contributed by atoms with Crippen LogP contribution in [-0.4, -0.2) is 33.3 Å². The summed E-state index contributed by atoms with van der Waals surface area (Å²) in [6.45, 7) is 1.74. The molecule has 158 valence electrons. The van der Waals surface area contributed by atoms with Crippen molar-refractivity contribution in [3.63, 3.8) is 0 Å². The highest BCUT2D eigenvalue weighted by Gasteiger charge is 2.24. The number of rotatable bonds is 9. The largest absolute Gasteiger partial charge is 0.495 e. The average Bonchev–Trinajstić information content (AvgIpc) is 2.77. The van der Waals surface area contributed by atoms with Crippen LogP contribution in [0.2, 0.25) is 0 Å². The first kappa shape index (κ1) is 21.8. The number of para-hydroxylation sites is 2. The van der Waals surface area contributed by atoms with Gasteiger partial charge in [0.1, 0.15) is 5.75 Å². The molecule has 0 heterocycles. The van der Waals surface area contributed by atoms with Gasteiger partial charge in [-0.25, -0.2) is 13.1 Å². The van der Waals surface area contributed by atoms with Gasteiger partial charge in [-0.1, -0.05) is 60.2 Å². The van der Waals surface area contributed by atoms with Crippen LogP contribution < -0.4 is 14.8 Å². The minimum atomic E-state index is -3.74. The van der Waals surface area contributed by atoms with Gasteiger partial charge in [-0.2, -0.15) is 0 Å². The zero-order chi connectivity index (χ0) is 21.6. The van der Waals surface area contributed by atoms with Gasteiger partial charge in [-0.05, 0) is 36.8 Å². The number of benzene rings is 3. The quantitative estimate of drug-likeness (QED) is 0.487. The van der Waals surface area contributed by atoms with Gasteiger partial charge in [0.25, 0.3) is 0 Å². The third-order valence-electron chi connectivity index (χ3n) is 4.78. The maximum atomic E-state index is 12.6. The lowest BCUT2D eigenvalue weighted by Gasteiger charge is -2.26. The predicted octanol–water partition coefficient (Wildman–Crippen LogP) is 3.50. The van der Waals surface area contributed by atoms with E-state index in [-0.39, 0.29) is 11.4 Å². The second kappa shape index (κ2) is 9.75. The van der Waals surface area contributed by atoms with E-state index >= 15 is 0 Å². The van der Waals surface area contributed by atoms with E-state index in [2.05, 4.69) is 10.0 Å². The van der Waals surface area contributed by atoms with Gasteiger partial charge < -0.3 is 15.2 Å². The molecule has 30 heavy (non-hydrogen) atoms. The summed E-state index contributed by atoms with van der Waals surface area (Å²) in [6, 6.07) is 22.8. The molecule has 3 rings (SSSR count). The number of anilines is 1. The van der Waals surface area contributed by atoms with E-state index in [1.54, 1.807) is 31.4 Å². The topological polar surface area (TPSA) is 87.7 Å². The minimum absolute atomic E-state index is 0.155. The first-order valence-electron chi connectivity index (χ1n) is 9.59. The monoisotopic (exact) mass is 426 g/mol. The van der Waals surface area contributed by atoms with Crippen molar-refractivity contribution in [2.24, 2.45) is 0 Å². The molecule has 0 aliphatic rings. The molecule has 0 aliphatic carbocycles. The molecule has 0 fully saturated rings. The van der Waals surface area contributed by atoms with E-state index in [1.807, 2.05) is 61.5 Å². The number of aryl methyl sites for hydroxylation is 1. The van der Waals surface area contributed by atoms with Crippen LogP contribution in [0.3, 0.4) is 0 Å². The molecule has 2 unspecified atom stereocenters. The highest BCUT2D eigenvalue weighted by molar-refractivity contribution is 7.89. The molecule has 3 N–H and O–H groups in total. The molecule has 0 saturated carbocycles. The molecule has 3 aromatic carbocycles. The smallest absolute Gasteiger partial charge is 0.240 e. The highest BCUT2D eigenvalue weighted by Crippen LogP contribution is 2.29. The van der Waals surface area contributed by atoms with Gasteiger partial charge in [-0.3, -0.25) is 0 Å². The molecule has 0 saturated heterocycles. The number of aliphatic hydroxyl groups excluding tert-OH is 1. The summed E-state index contributed by atoms with van der Waals surface area (Å²) in [5.41, 5.74) is 2.50. The predicted molar refractivity (Wildman–Crippen MR) is 118 cm³/mol. The second-order valence-electron chi connectivity index (χ2n) is 6.97. The number of sulfonamides is 1. The van der Waals surface area contributed by atoms with Crippen molar-refractivity contribution < 1.29 is 18.3 Å². The van der Waals surface area contributed by atoms with Crippen LogP contribution in [0.4, 0.5) is 5.69 Å². The van der Waals surface area contributed by atoms with Crippen molar-refractivity contribution in [3.05, 3.63) is 90.0 Å². The van der Waals surface area contributed by atoms with E-state index in [9.17, 15) is 13.5 Å². The molecule has 0 aliphatic heterocycles. The lowest BCUT2D eigenvalue weighted by Crippen LogP contribution is -2.38. The Bertz CT molecular complexity index is 1050. The standard InChI is InChI=1S/C23H26N2O4S/c1-17-12-14-19(15-13-17)30(27,28)24-16-21(26)23(18-8-4-3-5-9-18)25-20-10-6-7-11-22(20)29-2/h3-15,21,23-26H,16H2,1-2H3. The fourth-order valence-electron chi connectivity index (χ4n) is 3.11. The summed E-state index contributed by atoms with van der Waals surface area (Å²) in [7, 11) is -2.16. The van der Waals surface area contributed by atoms with Gasteiger partial charge in [0.15, 0.2) is 0 Å². The Kier molecular flexibility index (Phi) is 7.10. The zero-order valence-corrected chi connectivity index (χ0v) is 17.8. The van der Waals surface area contributed by atoms with Crippen LogP contribution in [-0.2, 0) is 10.0 Å². The van der Waals surface area contributed by atoms with Crippen molar-refractivity contribution >= 4 is 15.7 Å². The molecule has 0 radical (unpaired) electrons. The first-order valence-corrected chi connectivity index (χ1v) is 11.1. The van der Waals surface area contributed by atoms with Gasteiger partial charge in [0, 0.05) is 6.54 Å². The van der Waals surface area contributed by atoms with Crippen LogP contribution in [0.1, 0.15) is 17.2 Å². The fraction of sp³-hybridized carbons (Fsp3) is 0.217. The molecule has 0 spiro atoms. The van der Waals surface area contributed by atoms with Crippen LogP contribution in [0.5, 0.6) is 5.75 Å². The summed E-state index contributed by atoms with van der Waals surface area (Å²) in [6.07, 6.45) is -1.03. The molecule has 0 amide bonds. The maximum Gasteiger partial charge on any atom is 0.240 e.